The van der Waals surface area contributed by atoms with Gasteiger partial charge in [0.1, 0.15) is 0 Å². The Bertz CT molecular complexity index is 212. The van der Waals surface area contributed by atoms with Gasteiger partial charge in [0.05, 0.1) is 12.0 Å². The number of aliphatic hydroxyl groups excluding tert-OH is 1. The van der Waals surface area contributed by atoms with Crippen LogP contribution in [-0.2, 0) is 10.8 Å². The third-order valence-corrected chi connectivity index (χ3v) is 5.28. The molecule has 0 aromatic carbocycles. The van der Waals surface area contributed by atoms with E-state index in [4.69, 9.17) is 16.7 Å². The summed E-state index contributed by atoms with van der Waals surface area (Å²) in [5.74, 6) is 1.16. The second-order valence-electron chi connectivity index (χ2n) is 5.27. The van der Waals surface area contributed by atoms with Crippen molar-refractivity contribution >= 4 is 22.4 Å². The largest absolute Gasteiger partial charge is 0.395 e. The van der Waals surface area contributed by atoms with Crippen molar-refractivity contribution in [3.05, 3.63) is 0 Å². The van der Waals surface area contributed by atoms with Crippen molar-refractivity contribution in [1.29, 1.82) is 0 Å². The van der Waals surface area contributed by atoms with Crippen molar-refractivity contribution < 1.29 is 9.32 Å². The molecule has 2 nitrogen and oxygen atoms in total. The first-order chi connectivity index (χ1) is 9.20. The van der Waals surface area contributed by atoms with E-state index in [1.54, 1.807) is 0 Å². The van der Waals surface area contributed by atoms with Gasteiger partial charge in [-0.05, 0) is 6.42 Å². The number of alkyl halides is 1. The summed E-state index contributed by atoms with van der Waals surface area (Å²) in [7, 11) is -0.855. The SMILES string of the molecule is CCCCCCCCCCCC[S@@](=O)C[C@@H](Cl)CO. The lowest BCUT2D eigenvalue weighted by Gasteiger charge is -2.06. The average molecular weight is 311 g/mol. The summed E-state index contributed by atoms with van der Waals surface area (Å²) in [5, 5.41) is 8.42. The number of halogens is 1. The van der Waals surface area contributed by atoms with Crippen LogP contribution in [0.15, 0.2) is 0 Å². The molecule has 0 spiro atoms. The molecule has 0 heterocycles. The van der Waals surface area contributed by atoms with Gasteiger partial charge in [0.2, 0.25) is 0 Å². The molecule has 0 aliphatic carbocycles. The molecule has 0 aromatic heterocycles. The minimum atomic E-state index is -0.855. The van der Waals surface area contributed by atoms with Gasteiger partial charge in [0.25, 0.3) is 0 Å². The van der Waals surface area contributed by atoms with Gasteiger partial charge in [-0.25, -0.2) is 0 Å². The number of aliphatic hydroxyl groups is 1. The van der Waals surface area contributed by atoms with Gasteiger partial charge in [-0.1, -0.05) is 64.7 Å². The maximum absolute atomic E-state index is 11.6. The highest BCUT2D eigenvalue weighted by Crippen LogP contribution is 2.11. The smallest absolute Gasteiger partial charge is 0.0682 e. The topological polar surface area (TPSA) is 37.3 Å². The lowest BCUT2D eigenvalue weighted by molar-refractivity contribution is 0.299. The van der Waals surface area contributed by atoms with E-state index < -0.39 is 10.8 Å². The van der Waals surface area contributed by atoms with Crippen molar-refractivity contribution in [3.8, 4) is 0 Å². The quantitative estimate of drug-likeness (QED) is 0.384. The Morgan fingerprint density at radius 1 is 0.947 bits per heavy atom. The Labute approximate surface area is 126 Å². The Kier molecular flexibility index (Phi) is 15.1. The minimum absolute atomic E-state index is 0.0780. The second kappa shape index (κ2) is 14.8. The van der Waals surface area contributed by atoms with E-state index in [2.05, 4.69) is 6.92 Å². The highest BCUT2D eigenvalue weighted by molar-refractivity contribution is 7.85. The van der Waals surface area contributed by atoms with E-state index in [0.717, 1.165) is 12.2 Å². The summed E-state index contributed by atoms with van der Waals surface area (Å²) < 4.78 is 11.6. The van der Waals surface area contributed by atoms with E-state index in [-0.39, 0.29) is 12.0 Å². The van der Waals surface area contributed by atoms with Gasteiger partial charge in [0.15, 0.2) is 0 Å². The Balaban J connectivity index is 3.16. The van der Waals surface area contributed by atoms with Crippen molar-refractivity contribution in [2.75, 3.05) is 18.1 Å². The zero-order valence-corrected chi connectivity index (χ0v) is 14.0. The highest BCUT2D eigenvalue weighted by Gasteiger charge is 2.07. The van der Waals surface area contributed by atoms with Crippen molar-refractivity contribution in [2.24, 2.45) is 0 Å². The molecule has 0 radical (unpaired) electrons. The number of hydrogen-bond acceptors (Lipinski definition) is 2. The molecule has 1 N–H and O–H groups in total. The van der Waals surface area contributed by atoms with Crippen molar-refractivity contribution in [1.82, 2.24) is 0 Å². The van der Waals surface area contributed by atoms with Crippen LogP contribution in [0.25, 0.3) is 0 Å². The first kappa shape index (κ1) is 19.4. The van der Waals surface area contributed by atoms with Crippen LogP contribution in [0.3, 0.4) is 0 Å². The van der Waals surface area contributed by atoms with Gasteiger partial charge in [-0.15, -0.1) is 11.6 Å². The molecular formula is C15H31ClO2S. The van der Waals surface area contributed by atoms with E-state index in [9.17, 15) is 4.21 Å². The van der Waals surface area contributed by atoms with Crippen LogP contribution in [0.4, 0.5) is 0 Å². The van der Waals surface area contributed by atoms with Gasteiger partial charge < -0.3 is 5.11 Å². The molecule has 0 unspecified atom stereocenters. The Hall–Kier alpha value is 0.400. The second-order valence-corrected chi connectivity index (χ2v) is 7.51. The standard InChI is InChI=1S/C15H31ClO2S/c1-2-3-4-5-6-7-8-9-10-11-12-19(18)14-15(16)13-17/h15,17H,2-14H2,1H3/t15-,19+/m0/s1. The zero-order valence-electron chi connectivity index (χ0n) is 12.4. The van der Waals surface area contributed by atoms with Gasteiger partial charge in [-0.3, -0.25) is 4.21 Å². The summed E-state index contributed by atoms with van der Waals surface area (Å²) in [6, 6.07) is 0. The fourth-order valence-electron chi connectivity index (χ4n) is 2.09. The van der Waals surface area contributed by atoms with Gasteiger partial charge in [-0.2, -0.15) is 0 Å². The number of unbranched alkanes of at least 4 members (excludes halogenated alkanes) is 9. The van der Waals surface area contributed by atoms with Crippen molar-refractivity contribution in [2.45, 2.75) is 76.5 Å². The number of hydrogen-bond donors (Lipinski definition) is 1. The molecule has 0 bridgehead atoms. The van der Waals surface area contributed by atoms with Crippen LogP contribution in [0.5, 0.6) is 0 Å². The number of rotatable bonds is 14. The minimum Gasteiger partial charge on any atom is -0.395 e. The van der Waals surface area contributed by atoms with Crippen LogP contribution in [-0.4, -0.2) is 32.8 Å². The van der Waals surface area contributed by atoms with E-state index in [1.807, 2.05) is 0 Å². The highest BCUT2D eigenvalue weighted by atomic mass is 35.5. The molecule has 0 saturated carbocycles. The molecule has 0 aliphatic heterocycles. The average Bonchev–Trinajstić information content (AvgIpc) is 2.40. The molecule has 0 aromatic rings. The lowest BCUT2D eigenvalue weighted by Crippen LogP contribution is -2.16. The predicted molar refractivity (Wildman–Crippen MR) is 86.4 cm³/mol. The monoisotopic (exact) mass is 310 g/mol. The summed E-state index contributed by atoms with van der Waals surface area (Å²) >= 11 is 5.75. The Morgan fingerprint density at radius 2 is 1.42 bits per heavy atom. The third kappa shape index (κ3) is 14.6. The third-order valence-electron chi connectivity index (χ3n) is 3.29. The van der Waals surface area contributed by atoms with Gasteiger partial charge in [0, 0.05) is 22.3 Å². The summed E-state index contributed by atoms with van der Waals surface area (Å²) in [4.78, 5) is 0. The zero-order chi connectivity index (χ0) is 14.3. The maximum atomic E-state index is 11.6. The van der Waals surface area contributed by atoms with Crippen LogP contribution >= 0.6 is 11.6 Å². The molecule has 19 heavy (non-hydrogen) atoms. The normalized spacial score (nSPS) is 14.5. The van der Waals surface area contributed by atoms with E-state index in [1.165, 1.54) is 57.8 Å². The molecule has 0 rings (SSSR count). The molecule has 0 saturated heterocycles. The first-order valence-corrected chi connectivity index (χ1v) is 9.73. The lowest BCUT2D eigenvalue weighted by atomic mass is 10.1. The van der Waals surface area contributed by atoms with Gasteiger partial charge >= 0.3 is 0 Å². The fourth-order valence-corrected chi connectivity index (χ4v) is 3.71. The van der Waals surface area contributed by atoms with Crippen LogP contribution in [0, 0.1) is 0 Å². The maximum Gasteiger partial charge on any atom is 0.0682 e. The molecule has 116 valence electrons. The Morgan fingerprint density at radius 3 is 1.89 bits per heavy atom. The van der Waals surface area contributed by atoms with Crippen LogP contribution in [0.2, 0.25) is 0 Å². The molecule has 0 aliphatic rings. The van der Waals surface area contributed by atoms with Crippen LogP contribution in [0.1, 0.15) is 71.1 Å². The predicted octanol–water partition coefficient (Wildman–Crippen LogP) is 4.26. The molecular weight excluding hydrogens is 280 g/mol. The summed E-state index contributed by atoms with van der Waals surface area (Å²) in [5.41, 5.74) is 0. The first-order valence-electron chi connectivity index (χ1n) is 7.80. The molecule has 0 fully saturated rings. The summed E-state index contributed by atoms with van der Waals surface area (Å²) in [6.07, 6.45) is 13.0. The van der Waals surface area contributed by atoms with E-state index in [0.29, 0.717) is 5.75 Å². The fraction of sp³-hybridized carbons (Fsp3) is 1.00. The molecule has 4 heteroatoms. The summed E-state index contributed by atoms with van der Waals surface area (Å²) in [6.45, 7) is 2.17. The molecule has 2 atom stereocenters. The van der Waals surface area contributed by atoms with Crippen LogP contribution < -0.4 is 0 Å². The molecule has 0 amide bonds. The van der Waals surface area contributed by atoms with Crippen molar-refractivity contribution in [3.63, 3.8) is 0 Å². The van der Waals surface area contributed by atoms with E-state index >= 15 is 0 Å².